The van der Waals surface area contributed by atoms with Crippen LogP contribution >= 0.6 is 0 Å². The Balaban J connectivity index is 2.00. The van der Waals surface area contributed by atoms with Crippen molar-refractivity contribution < 1.29 is 22.7 Å². The lowest BCUT2D eigenvalue weighted by Crippen LogP contribution is -2.45. The Bertz CT molecular complexity index is 1170. The summed E-state index contributed by atoms with van der Waals surface area (Å²) in [7, 11) is -0.901. The Morgan fingerprint density at radius 3 is 2.37 bits per heavy atom. The first kappa shape index (κ1) is 21.4. The molecule has 1 N–H and O–H groups in total. The summed E-state index contributed by atoms with van der Waals surface area (Å²) in [6.07, 6.45) is 1.05. The van der Waals surface area contributed by atoms with Gasteiger partial charge in [0.15, 0.2) is 0 Å². The molecule has 0 spiro atoms. The van der Waals surface area contributed by atoms with Crippen molar-refractivity contribution in [3.05, 3.63) is 60.7 Å². The number of benzene rings is 3. The molecule has 8 heteroatoms. The van der Waals surface area contributed by atoms with Crippen molar-refractivity contribution in [2.24, 2.45) is 0 Å². The van der Waals surface area contributed by atoms with E-state index in [-0.39, 0.29) is 5.69 Å². The van der Waals surface area contributed by atoms with Gasteiger partial charge in [-0.1, -0.05) is 36.4 Å². The Morgan fingerprint density at radius 1 is 1.00 bits per heavy atom. The van der Waals surface area contributed by atoms with Crippen LogP contribution in [0.25, 0.3) is 10.8 Å². The zero-order valence-corrected chi connectivity index (χ0v) is 18.1. The highest BCUT2D eigenvalue weighted by Crippen LogP contribution is 2.35. The lowest BCUT2D eigenvalue weighted by Gasteiger charge is -2.29. The van der Waals surface area contributed by atoms with Gasteiger partial charge in [0.2, 0.25) is 15.9 Å². The number of amides is 1. The summed E-state index contributed by atoms with van der Waals surface area (Å²) in [6, 6.07) is 16.9. The van der Waals surface area contributed by atoms with Crippen LogP contribution < -0.4 is 19.1 Å². The third kappa shape index (κ3) is 4.33. The van der Waals surface area contributed by atoms with E-state index in [1.807, 2.05) is 36.4 Å². The molecule has 3 aromatic carbocycles. The highest BCUT2D eigenvalue weighted by atomic mass is 32.2. The SMILES string of the molecule is COc1ccc(OC)c(N([C@@H](C)C(=O)Nc2cccc3ccccc23)S(C)(=O)=O)c1. The molecule has 0 saturated carbocycles. The van der Waals surface area contributed by atoms with E-state index in [0.29, 0.717) is 17.2 Å². The van der Waals surface area contributed by atoms with Crippen LogP contribution in [0.3, 0.4) is 0 Å². The molecule has 1 amide bonds. The summed E-state index contributed by atoms with van der Waals surface area (Å²) in [5, 5.41) is 4.69. The Hall–Kier alpha value is -3.26. The molecule has 0 aliphatic carbocycles. The number of sulfonamides is 1. The third-order valence-electron chi connectivity index (χ3n) is 4.76. The van der Waals surface area contributed by atoms with E-state index < -0.39 is 22.0 Å². The molecule has 158 valence electrons. The van der Waals surface area contributed by atoms with E-state index in [9.17, 15) is 13.2 Å². The summed E-state index contributed by atoms with van der Waals surface area (Å²) in [5.74, 6) is 0.286. The molecule has 0 aliphatic rings. The molecule has 0 unspecified atom stereocenters. The second-order valence-corrected chi connectivity index (χ2v) is 8.65. The van der Waals surface area contributed by atoms with E-state index in [0.717, 1.165) is 21.3 Å². The standard InChI is InChI=1S/C22H24N2O5S/c1-15(22(25)23-19-11-7-9-16-8-5-6-10-18(16)19)24(30(4,26)27)20-14-17(28-2)12-13-21(20)29-3/h5-15H,1-4H3,(H,23,25)/t15-/m0/s1. The number of anilines is 2. The first-order valence-electron chi connectivity index (χ1n) is 9.26. The van der Waals surface area contributed by atoms with Crippen molar-refractivity contribution in [3.63, 3.8) is 0 Å². The Morgan fingerprint density at radius 2 is 1.70 bits per heavy atom. The van der Waals surface area contributed by atoms with Crippen LogP contribution in [0.15, 0.2) is 60.7 Å². The minimum atomic E-state index is -3.82. The lowest BCUT2D eigenvalue weighted by atomic mass is 10.1. The number of methoxy groups -OCH3 is 2. The Kier molecular flexibility index (Phi) is 6.17. The molecule has 1 atom stereocenters. The summed E-state index contributed by atoms with van der Waals surface area (Å²) < 4.78 is 36.9. The van der Waals surface area contributed by atoms with Gasteiger partial charge in [0.1, 0.15) is 17.5 Å². The number of nitrogens with zero attached hydrogens (tertiary/aromatic N) is 1. The fourth-order valence-electron chi connectivity index (χ4n) is 3.32. The van der Waals surface area contributed by atoms with Gasteiger partial charge in [0, 0.05) is 17.1 Å². The third-order valence-corrected chi connectivity index (χ3v) is 5.99. The minimum absolute atomic E-state index is 0.222. The van der Waals surface area contributed by atoms with Crippen LogP contribution in [0, 0.1) is 0 Å². The van der Waals surface area contributed by atoms with E-state index in [2.05, 4.69) is 5.32 Å². The largest absolute Gasteiger partial charge is 0.497 e. The smallest absolute Gasteiger partial charge is 0.248 e. The van der Waals surface area contributed by atoms with Gasteiger partial charge in [-0.15, -0.1) is 0 Å². The highest BCUT2D eigenvalue weighted by Gasteiger charge is 2.32. The highest BCUT2D eigenvalue weighted by molar-refractivity contribution is 7.92. The zero-order valence-electron chi connectivity index (χ0n) is 17.2. The summed E-state index contributed by atoms with van der Waals surface area (Å²) >= 11 is 0. The van der Waals surface area contributed by atoms with Gasteiger partial charge < -0.3 is 14.8 Å². The summed E-state index contributed by atoms with van der Waals surface area (Å²) in [4.78, 5) is 13.1. The van der Waals surface area contributed by atoms with Crippen LogP contribution in [0.4, 0.5) is 11.4 Å². The molecule has 0 aromatic heterocycles. The maximum absolute atomic E-state index is 13.1. The van der Waals surface area contributed by atoms with Crippen molar-refractivity contribution in [1.82, 2.24) is 0 Å². The molecule has 0 radical (unpaired) electrons. The number of rotatable bonds is 7. The first-order chi connectivity index (χ1) is 14.3. The van der Waals surface area contributed by atoms with Crippen molar-refractivity contribution >= 4 is 38.1 Å². The number of carbonyl (C=O) groups excluding carboxylic acids is 1. The van der Waals surface area contributed by atoms with E-state index in [1.165, 1.54) is 27.2 Å². The van der Waals surface area contributed by atoms with Gasteiger partial charge >= 0.3 is 0 Å². The normalized spacial score (nSPS) is 12.3. The minimum Gasteiger partial charge on any atom is -0.497 e. The van der Waals surface area contributed by atoms with Crippen LogP contribution in [0.5, 0.6) is 11.5 Å². The summed E-state index contributed by atoms with van der Waals surface area (Å²) in [5.41, 5.74) is 0.830. The fourth-order valence-corrected chi connectivity index (χ4v) is 4.49. The lowest BCUT2D eigenvalue weighted by molar-refractivity contribution is -0.116. The molecule has 0 bridgehead atoms. The molecule has 0 fully saturated rings. The molecule has 0 aliphatic heterocycles. The number of nitrogens with one attached hydrogen (secondary N) is 1. The van der Waals surface area contributed by atoms with E-state index in [4.69, 9.17) is 9.47 Å². The first-order valence-corrected chi connectivity index (χ1v) is 11.1. The van der Waals surface area contributed by atoms with E-state index in [1.54, 1.807) is 18.2 Å². The molecule has 3 rings (SSSR count). The molecule has 0 heterocycles. The molecule has 7 nitrogen and oxygen atoms in total. The predicted octanol–water partition coefficient (Wildman–Crippen LogP) is 3.65. The molecule has 30 heavy (non-hydrogen) atoms. The average molecular weight is 429 g/mol. The maximum Gasteiger partial charge on any atom is 0.248 e. The average Bonchev–Trinajstić information content (AvgIpc) is 2.73. The van der Waals surface area contributed by atoms with Gasteiger partial charge in [-0.2, -0.15) is 0 Å². The maximum atomic E-state index is 13.1. The van der Waals surface area contributed by atoms with Crippen molar-refractivity contribution in [3.8, 4) is 11.5 Å². The van der Waals surface area contributed by atoms with Gasteiger partial charge in [-0.05, 0) is 30.5 Å². The topological polar surface area (TPSA) is 84.9 Å². The predicted molar refractivity (Wildman–Crippen MR) is 119 cm³/mol. The monoisotopic (exact) mass is 428 g/mol. The van der Waals surface area contributed by atoms with Crippen LogP contribution in [-0.2, 0) is 14.8 Å². The number of fused-ring (bicyclic) bond motifs is 1. The summed E-state index contributed by atoms with van der Waals surface area (Å²) in [6.45, 7) is 1.53. The van der Waals surface area contributed by atoms with Gasteiger partial charge in [-0.3, -0.25) is 9.10 Å². The quantitative estimate of drug-likeness (QED) is 0.621. The van der Waals surface area contributed by atoms with Crippen LogP contribution in [0.1, 0.15) is 6.92 Å². The number of carbonyl (C=O) groups is 1. The van der Waals surface area contributed by atoms with Crippen molar-refractivity contribution in [1.29, 1.82) is 0 Å². The molecule has 0 saturated heterocycles. The zero-order chi connectivity index (χ0) is 21.9. The van der Waals surface area contributed by atoms with Crippen molar-refractivity contribution in [2.45, 2.75) is 13.0 Å². The van der Waals surface area contributed by atoms with Gasteiger partial charge in [-0.25, -0.2) is 8.42 Å². The fraction of sp³-hybridized carbons (Fsp3) is 0.227. The molecular weight excluding hydrogens is 404 g/mol. The second kappa shape index (κ2) is 8.62. The molecule has 3 aromatic rings. The Labute approximate surface area is 176 Å². The van der Waals surface area contributed by atoms with E-state index >= 15 is 0 Å². The molecular formula is C22H24N2O5S. The van der Waals surface area contributed by atoms with Crippen LogP contribution in [0.2, 0.25) is 0 Å². The number of hydrogen-bond donors (Lipinski definition) is 1. The number of ether oxygens (including phenoxy) is 2. The number of hydrogen-bond acceptors (Lipinski definition) is 5. The van der Waals surface area contributed by atoms with Gasteiger partial charge in [0.05, 0.1) is 26.2 Å². The van der Waals surface area contributed by atoms with Crippen LogP contribution in [-0.4, -0.2) is 40.8 Å². The second-order valence-electron chi connectivity index (χ2n) is 6.79. The van der Waals surface area contributed by atoms with Gasteiger partial charge in [0.25, 0.3) is 0 Å². The van der Waals surface area contributed by atoms with Crippen molar-refractivity contribution in [2.75, 3.05) is 30.1 Å².